The summed E-state index contributed by atoms with van der Waals surface area (Å²) in [6, 6.07) is 0. The molecule has 0 bridgehead atoms. The first kappa shape index (κ1) is 15.7. The number of aliphatic hydroxyl groups excluding tert-OH is 1. The minimum absolute atomic E-state index is 0.286. The molecular weight excluding hydrogens is 196 g/mol. The molecule has 0 aliphatic rings. The lowest BCUT2D eigenvalue weighted by Gasteiger charge is -2.00. The maximum absolute atomic E-state index is 8.58. The van der Waals surface area contributed by atoms with Crippen molar-refractivity contribution >= 4 is 0 Å². The Kier molecular flexibility index (Phi) is 14.4. The minimum atomic E-state index is 0.286. The van der Waals surface area contributed by atoms with Crippen LogP contribution in [0.5, 0.6) is 0 Å². The van der Waals surface area contributed by atoms with Gasteiger partial charge in [-0.3, -0.25) is 0 Å². The van der Waals surface area contributed by atoms with E-state index in [4.69, 9.17) is 5.11 Å². The zero-order valence-electron chi connectivity index (χ0n) is 11.1. The molecule has 0 spiro atoms. The molecule has 1 nitrogen and oxygen atoms in total. The summed E-state index contributed by atoms with van der Waals surface area (Å²) in [4.78, 5) is 0. The van der Waals surface area contributed by atoms with Crippen LogP contribution in [0, 0.1) is 0 Å². The van der Waals surface area contributed by atoms with Gasteiger partial charge in [0.25, 0.3) is 0 Å². The molecule has 16 heavy (non-hydrogen) atoms. The monoisotopic (exact) mass is 226 g/mol. The molecule has 0 radical (unpaired) electrons. The van der Waals surface area contributed by atoms with E-state index in [0.717, 1.165) is 6.42 Å². The quantitative estimate of drug-likeness (QED) is 0.373. The van der Waals surface area contributed by atoms with Crippen LogP contribution >= 0.6 is 0 Å². The maximum Gasteiger partial charge on any atom is 0.0465 e. The van der Waals surface area contributed by atoms with Gasteiger partial charge in [0, 0.05) is 6.61 Å². The van der Waals surface area contributed by atoms with E-state index in [1.807, 2.05) is 0 Å². The van der Waals surface area contributed by atoms with Gasteiger partial charge in [0.05, 0.1) is 0 Å². The molecule has 0 aromatic rings. The Hall–Kier alpha value is -0.300. The van der Waals surface area contributed by atoms with Crippen molar-refractivity contribution in [2.24, 2.45) is 0 Å². The van der Waals surface area contributed by atoms with Crippen LogP contribution in [-0.2, 0) is 0 Å². The second kappa shape index (κ2) is 14.7. The van der Waals surface area contributed by atoms with Gasteiger partial charge >= 0.3 is 0 Å². The van der Waals surface area contributed by atoms with E-state index in [9.17, 15) is 0 Å². The average molecular weight is 226 g/mol. The van der Waals surface area contributed by atoms with E-state index < -0.39 is 0 Å². The van der Waals surface area contributed by atoms with Crippen molar-refractivity contribution in [2.75, 3.05) is 6.61 Å². The van der Waals surface area contributed by atoms with Gasteiger partial charge in [-0.25, -0.2) is 0 Å². The van der Waals surface area contributed by atoms with E-state index in [2.05, 4.69) is 19.1 Å². The molecule has 0 heterocycles. The molecule has 0 aromatic heterocycles. The predicted molar refractivity (Wildman–Crippen MR) is 72.7 cm³/mol. The van der Waals surface area contributed by atoms with E-state index in [0.29, 0.717) is 0 Å². The lowest BCUT2D eigenvalue weighted by atomic mass is 10.1. The van der Waals surface area contributed by atoms with Gasteiger partial charge in [0.2, 0.25) is 0 Å². The molecule has 1 heteroatoms. The van der Waals surface area contributed by atoms with Crippen molar-refractivity contribution in [3.63, 3.8) is 0 Å². The van der Waals surface area contributed by atoms with Crippen LogP contribution in [0.4, 0.5) is 0 Å². The van der Waals surface area contributed by atoms with Crippen LogP contribution in [0.2, 0.25) is 0 Å². The van der Waals surface area contributed by atoms with Crippen LogP contribution in [0.15, 0.2) is 12.2 Å². The Labute approximate surface area is 102 Å². The van der Waals surface area contributed by atoms with E-state index in [1.165, 1.54) is 64.2 Å². The Bertz CT molecular complexity index is 140. The van der Waals surface area contributed by atoms with Gasteiger partial charge in [0.15, 0.2) is 0 Å². The fraction of sp³-hybridized carbons (Fsp3) is 0.867. The average Bonchev–Trinajstić information content (AvgIpc) is 2.31. The molecule has 0 aliphatic carbocycles. The number of hydrogen-bond donors (Lipinski definition) is 1. The fourth-order valence-electron chi connectivity index (χ4n) is 1.88. The van der Waals surface area contributed by atoms with Crippen LogP contribution in [0.1, 0.15) is 77.6 Å². The van der Waals surface area contributed by atoms with Gasteiger partial charge in [0.1, 0.15) is 0 Å². The SMILES string of the molecule is CCCCCCCCCCC/C=C/CCO. The van der Waals surface area contributed by atoms with Crippen molar-refractivity contribution in [1.82, 2.24) is 0 Å². The van der Waals surface area contributed by atoms with E-state index in [-0.39, 0.29) is 6.61 Å². The van der Waals surface area contributed by atoms with Gasteiger partial charge in [-0.15, -0.1) is 0 Å². The third kappa shape index (κ3) is 13.7. The highest BCUT2D eigenvalue weighted by Gasteiger charge is 1.90. The Morgan fingerprint density at radius 2 is 1.19 bits per heavy atom. The van der Waals surface area contributed by atoms with Crippen molar-refractivity contribution in [3.05, 3.63) is 12.2 Å². The third-order valence-corrected chi connectivity index (χ3v) is 2.94. The predicted octanol–water partition coefficient (Wildman–Crippen LogP) is 4.85. The molecule has 0 amide bonds. The van der Waals surface area contributed by atoms with Crippen LogP contribution < -0.4 is 0 Å². The lowest BCUT2D eigenvalue weighted by molar-refractivity contribution is 0.302. The van der Waals surface area contributed by atoms with Crippen molar-refractivity contribution in [3.8, 4) is 0 Å². The number of rotatable bonds is 12. The van der Waals surface area contributed by atoms with Crippen LogP contribution in [0.3, 0.4) is 0 Å². The summed E-state index contributed by atoms with van der Waals surface area (Å²) in [5, 5.41) is 8.58. The highest BCUT2D eigenvalue weighted by atomic mass is 16.2. The first-order valence-electron chi connectivity index (χ1n) is 7.17. The Morgan fingerprint density at radius 3 is 1.75 bits per heavy atom. The van der Waals surface area contributed by atoms with Crippen LogP contribution in [0.25, 0.3) is 0 Å². The van der Waals surface area contributed by atoms with Gasteiger partial charge < -0.3 is 5.11 Å². The Morgan fingerprint density at radius 1 is 0.688 bits per heavy atom. The molecule has 0 saturated heterocycles. The van der Waals surface area contributed by atoms with Gasteiger partial charge in [-0.2, -0.15) is 0 Å². The summed E-state index contributed by atoms with van der Waals surface area (Å²) in [6.45, 7) is 2.55. The number of allylic oxidation sites excluding steroid dienone is 1. The second-order valence-corrected chi connectivity index (χ2v) is 4.60. The maximum atomic E-state index is 8.58. The smallest absolute Gasteiger partial charge is 0.0465 e. The molecule has 1 N–H and O–H groups in total. The molecule has 0 rings (SSSR count). The summed E-state index contributed by atoms with van der Waals surface area (Å²) in [5.41, 5.74) is 0. The molecule has 0 aromatic carbocycles. The van der Waals surface area contributed by atoms with Gasteiger partial charge in [-0.1, -0.05) is 70.4 Å². The van der Waals surface area contributed by atoms with E-state index in [1.54, 1.807) is 0 Å². The molecule has 0 atom stereocenters. The summed E-state index contributed by atoms with van der Waals surface area (Å²) < 4.78 is 0. The number of hydrogen-bond acceptors (Lipinski definition) is 1. The molecular formula is C15H30O. The number of unbranched alkanes of at least 4 members (excludes halogenated alkanes) is 9. The molecule has 0 aliphatic heterocycles. The molecule has 0 fully saturated rings. The summed E-state index contributed by atoms with van der Waals surface area (Å²) in [5.74, 6) is 0. The topological polar surface area (TPSA) is 20.2 Å². The molecule has 0 unspecified atom stereocenters. The highest BCUT2D eigenvalue weighted by Crippen LogP contribution is 2.10. The zero-order valence-corrected chi connectivity index (χ0v) is 11.1. The zero-order chi connectivity index (χ0) is 11.9. The standard InChI is InChI=1S/C15H30O/c1-2-3-4-5-6-7-8-9-10-11-12-13-14-15-16/h12-13,16H,2-11,14-15H2,1H3/b13-12+. The van der Waals surface area contributed by atoms with Gasteiger partial charge in [-0.05, 0) is 19.3 Å². The molecule has 96 valence electrons. The third-order valence-electron chi connectivity index (χ3n) is 2.94. The highest BCUT2D eigenvalue weighted by molar-refractivity contribution is 4.80. The minimum Gasteiger partial charge on any atom is -0.396 e. The number of aliphatic hydroxyl groups is 1. The summed E-state index contributed by atoms with van der Waals surface area (Å²) >= 11 is 0. The van der Waals surface area contributed by atoms with Crippen molar-refractivity contribution < 1.29 is 5.11 Å². The first-order chi connectivity index (χ1) is 7.91. The van der Waals surface area contributed by atoms with Crippen molar-refractivity contribution in [1.29, 1.82) is 0 Å². The lowest BCUT2D eigenvalue weighted by Crippen LogP contribution is -1.81. The summed E-state index contributed by atoms with van der Waals surface area (Å²) in [7, 11) is 0. The Balaban J connectivity index is 2.93. The van der Waals surface area contributed by atoms with E-state index >= 15 is 0 Å². The largest absolute Gasteiger partial charge is 0.396 e. The fourth-order valence-corrected chi connectivity index (χ4v) is 1.88. The van der Waals surface area contributed by atoms with Crippen LogP contribution in [-0.4, -0.2) is 11.7 Å². The summed E-state index contributed by atoms with van der Waals surface area (Å²) in [6.07, 6.45) is 18.9. The molecule has 0 saturated carbocycles. The van der Waals surface area contributed by atoms with Crippen molar-refractivity contribution in [2.45, 2.75) is 77.6 Å². The second-order valence-electron chi connectivity index (χ2n) is 4.60. The first-order valence-corrected chi connectivity index (χ1v) is 7.17. The normalized spacial score (nSPS) is 11.4.